The first-order valence-electron chi connectivity index (χ1n) is 8.82. The molecule has 28 heavy (non-hydrogen) atoms. The lowest BCUT2D eigenvalue weighted by Crippen LogP contribution is -2.06. The molecule has 0 fully saturated rings. The summed E-state index contributed by atoms with van der Waals surface area (Å²) in [5.41, 5.74) is 3.53. The van der Waals surface area contributed by atoms with Crippen LogP contribution in [0.25, 0.3) is 0 Å². The Morgan fingerprint density at radius 3 is 2.21 bits per heavy atom. The molecule has 0 unspecified atom stereocenters. The summed E-state index contributed by atoms with van der Waals surface area (Å²) in [4.78, 5) is 8.44. The Morgan fingerprint density at radius 2 is 1.61 bits per heavy atom. The average molecular weight is 377 g/mol. The quantitative estimate of drug-likeness (QED) is 0.513. The summed E-state index contributed by atoms with van der Waals surface area (Å²) >= 11 is 0. The number of benzene rings is 1. The highest BCUT2D eigenvalue weighted by Gasteiger charge is 2.17. The topological polar surface area (TPSA) is 56.5 Å². The van der Waals surface area contributed by atoms with Crippen LogP contribution in [0.1, 0.15) is 28.3 Å². The number of hydrogen-bond donors (Lipinski definition) is 0. The summed E-state index contributed by atoms with van der Waals surface area (Å²) in [5, 5.41) is 8.37. The van der Waals surface area contributed by atoms with Crippen molar-refractivity contribution in [1.29, 1.82) is 0 Å². The van der Waals surface area contributed by atoms with Gasteiger partial charge in [0.1, 0.15) is 0 Å². The molecule has 0 amide bonds. The first kappa shape index (κ1) is 17.9. The Hall–Kier alpha value is -3.48. The van der Waals surface area contributed by atoms with E-state index in [1.165, 1.54) is 12.1 Å². The summed E-state index contributed by atoms with van der Waals surface area (Å²) in [5.74, 6) is -1.69. The predicted molar refractivity (Wildman–Crippen MR) is 99.5 cm³/mol. The van der Waals surface area contributed by atoms with Crippen molar-refractivity contribution in [1.82, 2.24) is 25.0 Å². The fourth-order valence-corrected chi connectivity index (χ4v) is 3.14. The van der Waals surface area contributed by atoms with Gasteiger partial charge in [-0.3, -0.25) is 9.97 Å². The largest absolute Gasteiger partial charge is 0.264 e. The number of nitrogens with zero attached hydrogens (tertiary/aromatic N) is 5. The van der Waals surface area contributed by atoms with E-state index >= 15 is 0 Å². The van der Waals surface area contributed by atoms with E-state index in [0.717, 1.165) is 22.9 Å². The maximum atomic E-state index is 13.4. The van der Waals surface area contributed by atoms with E-state index in [9.17, 15) is 8.78 Å². The molecule has 0 spiro atoms. The molecule has 0 N–H and O–H groups in total. The van der Waals surface area contributed by atoms with Gasteiger partial charge in [0.05, 0.1) is 12.2 Å². The van der Waals surface area contributed by atoms with E-state index in [-0.39, 0.29) is 5.92 Å². The lowest BCUT2D eigenvalue weighted by Gasteiger charge is -2.15. The van der Waals surface area contributed by atoms with Gasteiger partial charge in [-0.05, 0) is 41.0 Å². The predicted octanol–water partition coefficient (Wildman–Crippen LogP) is 3.77. The molecule has 0 atom stereocenters. The fourth-order valence-electron chi connectivity index (χ4n) is 3.14. The highest BCUT2D eigenvalue weighted by molar-refractivity contribution is 5.30. The van der Waals surface area contributed by atoms with Crippen LogP contribution < -0.4 is 0 Å². The first-order valence-corrected chi connectivity index (χ1v) is 8.82. The Balaban J connectivity index is 1.55. The Bertz CT molecular complexity index is 1010. The van der Waals surface area contributed by atoms with Gasteiger partial charge >= 0.3 is 0 Å². The fraction of sp³-hybridized carbons (Fsp3) is 0.143. The molecule has 5 nitrogen and oxygen atoms in total. The maximum Gasteiger partial charge on any atom is 0.159 e. The second-order valence-electron chi connectivity index (χ2n) is 6.49. The second-order valence-corrected chi connectivity index (χ2v) is 6.49. The van der Waals surface area contributed by atoms with Crippen LogP contribution in [0.2, 0.25) is 0 Å². The van der Waals surface area contributed by atoms with Gasteiger partial charge in [-0.2, -0.15) is 0 Å². The van der Waals surface area contributed by atoms with Crippen molar-refractivity contribution in [3.63, 3.8) is 0 Å². The molecule has 4 aromatic rings. The van der Waals surface area contributed by atoms with Crippen molar-refractivity contribution in [2.24, 2.45) is 0 Å². The molecule has 0 aliphatic carbocycles. The molecule has 3 aromatic heterocycles. The van der Waals surface area contributed by atoms with E-state index in [4.69, 9.17) is 0 Å². The van der Waals surface area contributed by atoms with Crippen LogP contribution in [0.5, 0.6) is 0 Å². The van der Waals surface area contributed by atoms with Crippen molar-refractivity contribution in [2.75, 3.05) is 0 Å². The molecule has 3 heterocycles. The van der Waals surface area contributed by atoms with E-state index in [1.54, 1.807) is 17.1 Å². The van der Waals surface area contributed by atoms with Crippen LogP contribution in [0.4, 0.5) is 8.78 Å². The molecule has 0 radical (unpaired) electrons. The molecule has 0 saturated carbocycles. The van der Waals surface area contributed by atoms with Crippen LogP contribution in [0.3, 0.4) is 0 Å². The number of halogens is 2. The van der Waals surface area contributed by atoms with Crippen LogP contribution >= 0.6 is 0 Å². The van der Waals surface area contributed by atoms with E-state index in [1.807, 2.05) is 42.9 Å². The Kier molecular flexibility index (Phi) is 5.14. The number of rotatable bonds is 6. The Labute approximate surface area is 160 Å². The Morgan fingerprint density at radius 1 is 0.893 bits per heavy atom. The molecule has 0 aliphatic rings. The first-order chi connectivity index (χ1) is 13.7. The van der Waals surface area contributed by atoms with Crippen molar-refractivity contribution in [3.05, 3.63) is 107 Å². The van der Waals surface area contributed by atoms with Crippen molar-refractivity contribution in [2.45, 2.75) is 18.9 Å². The molecule has 1 aromatic carbocycles. The number of hydrogen-bond acceptors (Lipinski definition) is 4. The lowest BCUT2D eigenvalue weighted by molar-refractivity contribution is 0.505. The second kappa shape index (κ2) is 8.04. The minimum atomic E-state index is -0.869. The summed E-state index contributed by atoms with van der Waals surface area (Å²) in [7, 11) is 0. The third-order valence-corrected chi connectivity index (χ3v) is 4.50. The highest BCUT2D eigenvalue weighted by Crippen LogP contribution is 2.26. The molecule has 0 bridgehead atoms. The molecule has 0 aliphatic heterocycles. The van der Waals surface area contributed by atoms with Gasteiger partial charge < -0.3 is 0 Å². The zero-order valence-electron chi connectivity index (χ0n) is 14.9. The zero-order chi connectivity index (χ0) is 19.3. The molecular formula is C21H17F2N5. The summed E-state index contributed by atoms with van der Waals surface area (Å²) in [6, 6.07) is 11.7. The molecule has 0 saturated heterocycles. The van der Waals surface area contributed by atoms with E-state index in [2.05, 4.69) is 20.3 Å². The van der Waals surface area contributed by atoms with Crippen molar-refractivity contribution < 1.29 is 8.78 Å². The van der Waals surface area contributed by atoms with Crippen LogP contribution in [-0.2, 0) is 13.0 Å². The third kappa shape index (κ3) is 4.09. The minimum Gasteiger partial charge on any atom is -0.264 e. The lowest BCUT2D eigenvalue weighted by atomic mass is 9.89. The highest BCUT2D eigenvalue weighted by atomic mass is 19.2. The van der Waals surface area contributed by atoms with Gasteiger partial charge in [-0.25, -0.2) is 13.5 Å². The number of aromatic nitrogens is 5. The van der Waals surface area contributed by atoms with Gasteiger partial charge in [-0.1, -0.05) is 23.4 Å². The zero-order valence-corrected chi connectivity index (χ0v) is 14.9. The smallest absolute Gasteiger partial charge is 0.159 e. The minimum absolute atomic E-state index is 0.0378. The van der Waals surface area contributed by atoms with Crippen molar-refractivity contribution >= 4 is 0 Å². The molecule has 4 rings (SSSR count). The number of pyridine rings is 2. The van der Waals surface area contributed by atoms with Crippen LogP contribution in [0.15, 0.2) is 73.4 Å². The van der Waals surface area contributed by atoms with Gasteiger partial charge in [-0.15, -0.1) is 5.10 Å². The van der Waals surface area contributed by atoms with Gasteiger partial charge in [0.2, 0.25) is 0 Å². The van der Waals surface area contributed by atoms with Crippen LogP contribution in [-0.4, -0.2) is 25.0 Å². The van der Waals surface area contributed by atoms with Gasteiger partial charge in [0.25, 0.3) is 0 Å². The summed E-state index contributed by atoms with van der Waals surface area (Å²) < 4.78 is 28.1. The van der Waals surface area contributed by atoms with E-state index in [0.29, 0.717) is 18.5 Å². The monoisotopic (exact) mass is 377 g/mol. The van der Waals surface area contributed by atoms with E-state index < -0.39 is 11.6 Å². The molecular weight excluding hydrogens is 360 g/mol. The van der Waals surface area contributed by atoms with Crippen LogP contribution in [0, 0.1) is 11.6 Å². The van der Waals surface area contributed by atoms with Crippen molar-refractivity contribution in [3.8, 4) is 0 Å². The van der Waals surface area contributed by atoms with Gasteiger partial charge in [0.15, 0.2) is 11.6 Å². The maximum absolute atomic E-state index is 13.4. The summed E-state index contributed by atoms with van der Waals surface area (Å²) in [6.07, 6.45) is 9.59. The average Bonchev–Trinajstić information content (AvgIpc) is 3.17. The summed E-state index contributed by atoms with van der Waals surface area (Å²) in [6.45, 7) is 0.314. The van der Waals surface area contributed by atoms with Gasteiger partial charge in [0, 0.05) is 43.3 Å². The molecule has 7 heteroatoms. The SMILES string of the molecule is Fc1ccc(Cn2cc(CC(c3cccnc3)c3cccnc3)nn2)cc1F. The molecule has 140 valence electrons. The normalized spacial score (nSPS) is 11.1. The standard InChI is InChI=1S/C21H17F2N5/c22-20-6-5-15(9-21(20)23)13-28-14-18(26-27-28)10-19(16-3-1-7-24-11-16)17-4-2-8-25-12-17/h1-9,11-12,14,19H,10,13H2. The third-order valence-electron chi connectivity index (χ3n) is 4.50.